The number of likely N-dealkylation sites (N-methyl/N-ethyl adjacent to an activating group) is 1. The number of nitrogens with zero attached hydrogens (tertiary/aromatic N) is 1. The highest BCUT2D eigenvalue weighted by atomic mass is 32.1. The van der Waals surface area contributed by atoms with Gasteiger partial charge in [0.05, 0.1) is 20.1 Å². The molecule has 1 fully saturated rings. The van der Waals surface area contributed by atoms with Crippen molar-refractivity contribution < 1.29 is 9.80 Å². The fourth-order valence-corrected chi connectivity index (χ4v) is 4.82. The maximum atomic E-state index is 5.84. The molecule has 0 amide bonds. The third-order valence-corrected chi connectivity index (χ3v) is 6.92. The number of piperazine rings is 1. The molecule has 0 radical (unpaired) electrons. The van der Waals surface area contributed by atoms with Gasteiger partial charge < -0.3 is 20.0 Å². The Morgan fingerprint density at radius 3 is 2.46 bits per heavy atom. The number of rotatable bonds is 7. The molecule has 152 valence electrons. The van der Waals surface area contributed by atoms with E-state index in [2.05, 4.69) is 66.8 Å². The maximum Gasteiger partial charge on any atom is 0.173 e. The molecule has 0 spiro atoms. The van der Waals surface area contributed by atoms with Crippen molar-refractivity contribution in [3.8, 4) is 0 Å². The SMILES string of the molecule is Cc1cccc(C)c1NC(=S)N(CCC[NH+]1CC[NH+](C)CC1)Cc1cccs1. The number of aryl methyl sites for hydroxylation is 2. The van der Waals surface area contributed by atoms with E-state index in [1.807, 2.05) is 0 Å². The first-order chi connectivity index (χ1) is 13.5. The van der Waals surface area contributed by atoms with Crippen LogP contribution < -0.4 is 15.1 Å². The van der Waals surface area contributed by atoms with Crippen molar-refractivity contribution in [2.45, 2.75) is 26.8 Å². The molecule has 1 aromatic heterocycles. The fourth-order valence-electron chi connectivity index (χ4n) is 3.84. The van der Waals surface area contributed by atoms with Gasteiger partial charge >= 0.3 is 0 Å². The van der Waals surface area contributed by atoms with Crippen molar-refractivity contribution in [1.29, 1.82) is 0 Å². The predicted octanol–water partition coefficient (Wildman–Crippen LogP) is 1.37. The molecule has 0 saturated carbocycles. The van der Waals surface area contributed by atoms with Crippen molar-refractivity contribution in [1.82, 2.24) is 4.90 Å². The number of quaternary nitrogens is 2. The van der Waals surface area contributed by atoms with E-state index in [9.17, 15) is 0 Å². The standard InChI is InChI=1S/C22H32N4S2/c1-18-7-4-8-19(2)21(18)23-22(27)26(17-20-9-5-16-28-20)11-6-10-25-14-12-24(3)13-15-25/h4-5,7-9,16H,6,10-15,17H2,1-3H3,(H,23,27)/p+2. The van der Waals surface area contributed by atoms with Gasteiger partial charge in [-0.05, 0) is 48.6 Å². The van der Waals surface area contributed by atoms with Gasteiger partial charge in [0.25, 0.3) is 0 Å². The molecule has 3 N–H and O–H groups in total. The van der Waals surface area contributed by atoms with Crippen LogP contribution in [0.5, 0.6) is 0 Å². The molecule has 0 atom stereocenters. The summed E-state index contributed by atoms with van der Waals surface area (Å²) in [4.78, 5) is 7.12. The predicted molar refractivity (Wildman–Crippen MR) is 124 cm³/mol. The average Bonchev–Trinajstić information content (AvgIpc) is 3.18. The van der Waals surface area contributed by atoms with Crippen molar-refractivity contribution in [3.63, 3.8) is 0 Å². The highest BCUT2D eigenvalue weighted by Gasteiger charge is 2.20. The lowest BCUT2D eigenvalue weighted by Gasteiger charge is -2.29. The lowest BCUT2D eigenvalue weighted by atomic mass is 10.1. The molecular formula is C22H34N4S2+2. The van der Waals surface area contributed by atoms with Crippen molar-refractivity contribution in [3.05, 3.63) is 51.7 Å². The van der Waals surface area contributed by atoms with Crippen molar-refractivity contribution in [2.24, 2.45) is 0 Å². The van der Waals surface area contributed by atoms with Crippen LogP contribution in [0.25, 0.3) is 0 Å². The second-order valence-corrected chi connectivity index (χ2v) is 9.43. The molecule has 28 heavy (non-hydrogen) atoms. The van der Waals surface area contributed by atoms with Gasteiger partial charge in [-0.25, -0.2) is 0 Å². The zero-order valence-corrected chi connectivity index (χ0v) is 19.0. The maximum absolute atomic E-state index is 5.84. The number of hydrogen-bond acceptors (Lipinski definition) is 2. The van der Waals surface area contributed by atoms with Crippen molar-refractivity contribution in [2.75, 3.05) is 51.6 Å². The molecule has 2 aromatic rings. The van der Waals surface area contributed by atoms with E-state index in [0.29, 0.717) is 0 Å². The van der Waals surface area contributed by atoms with Gasteiger partial charge in [0, 0.05) is 23.5 Å². The van der Waals surface area contributed by atoms with Gasteiger partial charge in [-0.15, -0.1) is 11.3 Å². The molecule has 1 aliphatic heterocycles. The lowest BCUT2D eigenvalue weighted by Crippen LogP contribution is -3.27. The molecule has 0 unspecified atom stereocenters. The van der Waals surface area contributed by atoms with Crippen molar-refractivity contribution >= 4 is 34.4 Å². The van der Waals surface area contributed by atoms with Gasteiger partial charge in [-0.2, -0.15) is 0 Å². The Bertz CT molecular complexity index is 732. The van der Waals surface area contributed by atoms with E-state index in [0.717, 1.165) is 23.9 Å². The highest BCUT2D eigenvalue weighted by Crippen LogP contribution is 2.21. The molecular weight excluding hydrogens is 384 g/mol. The van der Waals surface area contributed by atoms with Crippen LogP contribution in [0.2, 0.25) is 0 Å². The van der Waals surface area contributed by atoms with Gasteiger partial charge in [0.15, 0.2) is 5.11 Å². The van der Waals surface area contributed by atoms with E-state index in [1.54, 1.807) is 21.1 Å². The highest BCUT2D eigenvalue weighted by molar-refractivity contribution is 7.80. The van der Waals surface area contributed by atoms with Crippen LogP contribution in [0.15, 0.2) is 35.7 Å². The first kappa shape index (κ1) is 21.2. The third kappa shape index (κ3) is 6.01. The summed E-state index contributed by atoms with van der Waals surface area (Å²) in [5.74, 6) is 0. The first-order valence-corrected chi connectivity index (χ1v) is 11.6. The van der Waals surface area contributed by atoms with Crippen LogP contribution in [0.3, 0.4) is 0 Å². The number of hydrogen-bond donors (Lipinski definition) is 3. The summed E-state index contributed by atoms with van der Waals surface area (Å²) in [5, 5.41) is 6.52. The van der Waals surface area contributed by atoms with Crippen LogP contribution in [0.1, 0.15) is 22.4 Å². The summed E-state index contributed by atoms with van der Waals surface area (Å²) in [6.45, 7) is 12.6. The van der Waals surface area contributed by atoms with E-state index >= 15 is 0 Å². The molecule has 1 aliphatic rings. The second-order valence-electron chi connectivity index (χ2n) is 8.01. The Hall–Kier alpha value is -1.47. The summed E-state index contributed by atoms with van der Waals surface area (Å²) in [6, 6.07) is 10.7. The van der Waals surface area contributed by atoms with Crippen LogP contribution in [0, 0.1) is 13.8 Å². The van der Waals surface area contributed by atoms with Crippen LogP contribution in [-0.4, -0.2) is 56.3 Å². The van der Waals surface area contributed by atoms with Gasteiger partial charge in [0.2, 0.25) is 0 Å². The summed E-state index contributed by atoms with van der Waals surface area (Å²) < 4.78 is 0. The molecule has 6 heteroatoms. The molecule has 0 bridgehead atoms. The monoisotopic (exact) mass is 418 g/mol. The summed E-state index contributed by atoms with van der Waals surface area (Å²) >= 11 is 7.65. The first-order valence-electron chi connectivity index (χ1n) is 10.3. The molecule has 2 heterocycles. The Morgan fingerprint density at radius 1 is 1.11 bits per heavy atom. The second kappa shape index (κ2) is 10.3. The molecule has 0 aliphatic carbocycles. The summed E-state index contributed by atoms with van der Waals surface area (Å²) in [7, 11) is 2.30. The minimum atomic E-state index is 0.837. The third-order valence-electron chi connectivity index (χ3n) is 5.70. The number of thiocarbonyl (C=S) groups is 1. The topological polar surface area (TPSA) is 24.2 Å². The average molecular weight is 419 g/mol. The fraction of sp³-hybridized carbons (Fsp3) is 0.500. The Balaban J connectivity index is 1.60. The smallest absolute Gasteiger partial charge is 0.173 e. The van der Waals surface area contributed by atoms with Gasteiger partial charge in [-0.3, -0.25) is 0 Å². The van der Waals surface area contributed by atoms with Gasteiger partial charge in [-0.1, -0.05) is 24.3 Å². The summed E-state index contributed by atoms with van der Waals surface area (Å²) in [6.07, 6.45) is 1.17. The number of thiophene rings is 1. The molecule has 1 saturated heterocycles. The van der Waals surface area contributed by atoms with Crippen LogP contribution in [0.4, 0.5) is 5.69 Å². The minimum Gasteiger partial charge on any atom is -0.344 e. The Kier molecular flexibility index (Phi) is 7.85. The largest absolute Gasteiger partial charge is 0.344 e. The van der Waals surface area contributed by atoms with E-state index in [-0.39, 0.29) is 0 Å². The summed E-state index contributed by atoms with van der Waals surface area (Å²) in [5.41, 5.74) is 3.63. The normalized spacial score (nSPS) is 19.4. The minimum absolute atomic E-state index is 0.837. The zero-order valence-electron chi connectivity index (χ0n) is 17.4. The zero-order chi connectivity index (χ0) is 19.9. The van der Waals surface area contributed by atoms with E-state index in [4.69, 9.17) is 12.2 Å². The number of para-hydroxylation sites is 1. The molecule has 1 aromatic carbocycles. The molecule has 4 nitrogen and oxygen atoms in total. The number of benzene rings is 1. The van der Waals surface area contributed by atoms with Crippen LogP contribution in [-0.2, 0) is 6.54 Å². The number of anilines is 1. The Morgan fingerprint density at radius 2 is 1.82 bits per heavy atom. The number of nitrogens with one attached hydrogen (secondary N) is 3. The Labute approximate surface area is 179 Å². The quantitative estimate of drug-likeness (QED) is 0.592. The van der Waals surface area contributed by atoms with E-state index < -0.39 is 0 Å². The van der Waals surface area contributed by atoms with E-state index in [1.165, 1.54) is 55.1 Å². The molecule has 3 rings (SSSR count). The van der Waals surface area contributed by atoms with Gasteiger partial charge in [0.1, 0.15) is 26.2 Å². The lowest BCUT2D eigenvalue weighted by molar-refractivity contribution is -1.00. The van der Waals surface area contributed by atoms with Crippen LogP contribution >= 0.6 is 23.6 Å².